The van der Waals surface area contributed by atoms with Gasteiger partial charge >= 0.3 is 0 Å². The smallest absolute Gasteiger partial charge is 0.0366 e. The van der Waals surface area contributed by atoms with Crippen LogP contribution in [0.15, 0.2) is 59.3 Å². The van der Waals surface area contributed by atoms with E-state index in [1.54, 1.807) is 11.1 Å². The molecule has 0 aromatic rings. The van der Waals surface area contributed by atoms with E-state index in [0.717, 1.165) is 5.92 Å². The Morgan fingerprint density at radius 3 is 2.85 bits per heavy atom. The topological polar surface area (TPSA) is 0 Å². The van der Waals surface area contributed by atoms with E-state index in [1.165, 1.54) is 18.4 Å². The summed E-state index contributed by atoms with van der Waals surface area (Å²) in [5.41, 5.74) is 5.19. The van der Waals surface area contributed by atoms with Crippen molar-refractivity contribution in [3.05, 3.63) is 59.3 Å². The Hall–Kier alpha value is -0.820. The van der Waals surface area contributed by atoms with Crippen LogP contribution in [0.5, 0.6) is 0 Å². The van der Waals surface area contributed by atoms with E-state index in [1.807, 2.05) is 0 Å². The fourth-order valence-corrected chi connectivity index (χ4v) is 5.12. The summed E-state index contributed by atoms with van der Waals surface area (Å²) in [6.45, 7) is 4.93. The van der Waals surface area contributed by atoms with E-state index in [2.05, 4.69) is 72.3 Å². The van der Waals surface area contributed by atoms with Crippen molar-refractivity contribution >= 4 is 15.9 Å². The molecule has 0 aromatic heterocycles. The Balaban J connectivity index is 1.80. The molecule has 4 aliphatic carbocycles. The van der Waals surface area contributed by atoms with Gasteiger partial charge in [0.15, 0.2) is 0 Å². The van der Waals surface area contributed by atoms with Gasteiger partial charge in [-0.2, -0.15) is 0 Å². The highest BCUT2D eigenvalue weighted by atomic mass is 79.9. The third kappa shape index (κ3) is 1.72. The largest absolute Gasteiger partial charge is 0.0842 e. The molecule has 0 saturated carbocycles. The molecule has 1 heteroatoms. The van der Waals surface area contributed by atoms with Crippen LogP contribution in [0.3, 0.4) is 0 Å². The number of hydrogen-bond donors (Lipinski definition) is 0. The van der Waals surface area contributed by atoms with Crippen LogP contribution >= 0.6 is 15.9 Å². The second-order valence-electron chi connectivity index (χ2n) is 7.12. The van der Waals surface area contributed by atoms with E-state index in [9.17, 15) is 0 Å². The molecule has 4 unspecified atom stereocenters. The van der Waals surface area contributed by atoms with Crippen LogP contribution in [0, 0.1) is 23.2 Å². The Morgan fingerprint density at radius 1 is 1.15 bits per heavy atom. The first-order valence-corrected chi connectivity index (χ1v) is 8.61. The average molecular weight is 329 g/mol. The molecular weight excluding hydrogens is 308 g/mol. The van der Waals surface area contributed by atoms with Gasteiger partial charge in [0.05, 0.1) is 0 Å². The number of allylic oxidation sites excluding steroid dienone is 10. The summed E-state index contributed by atoms with van der Waals surface area (Å²) in [7, 11) is 0. The summed E-state index contributed by atoms with van der Waals surface area (Å²) >= 11 is 3.78. The maximum absolute atomic E-state index is 3.78. The molecule has 0 amide bonds. The van der Waals surface area contributed by atoms with Crippen molar-refractivity contribution < 1.29 is 0 Å². The lowest BCUT2D eigenvalue weighted by Gasteiger charge is -2.39. The molecule has 4 atom stereocenters. The third-order valence-corrected chi connectivity index (χ3v) is 6.41. The number of alkyl halides is 1. The first-order valence-electron chi connectivity index (χ1n) is 7.70. The Morgan fingerprint density at radius 2 is 2.00 bits per heavy atom. The fraction of sp³-hybridized carbons (Fsp3) is 0.474. The Kier molecular flexibility index (Phi) is 2.79. The zero-order valence-electron chi connectivity index (χ0n) is 12.1. The average Bonchev–Trinajstić information content (AvgIpc) is 2.65. The van der Waals surface area contributed by atoms with Gasteiger partial charge in [-0.15, -0.1) is 0 Å². The zero-order chi connectivity index (χ0) is 13.9. The molecule has 0 N–H and O–H groups in total. The van der Waals surface area contributed by atoms with Crippen LogP contribution in [0.25, 0.3) is 0 Å². The SMILES string of the molecule is CC1(C)C2=C(C=CC(Br)C2)C2C=C3C=CC=CC3CC21. The normalized spacial score (nSPS) is 40.2. The zero-order valence-corrected chi connectivity index (χ0v) is 13.7. The second kappa shape index (κ2) is 4.34. The first-order chi connectivity index (χ1) is 9.57. The molecular formula is C19H21Br. The standard InChI is InChI=1S/C19H21Br/c1-19(2)17-10-13-6-4-3-5-12(13)9-16(17)15-8-7-14(20)11-18(15)19/h3-9,13-14,16-17H,10-11H2,1-2H3. The van der Waals surface area contributed by atoms with Gasteiger partial charge in [-0.1, -0.05) is 77.9 Å². The predicted octanol–water partition coefficient (Wildman–Crippen LogP) is 5.35. The molecule has 20 heavy (non-hydrogen) atoms. The van der Waals surface area contributed by atoms with Crippen molar-refractivity contribution in [2.24, 2.45) is 23.2 Å². The summed E-state index contributed by atoms with van der Waals surface area (Å²) in [5, 5.41) is 0. The Bertz CT molecular complexity index is 597. The minimum atomic E-state index is 0.341. The van der Waals surface area contributed by atoms with Gasteiger partial charge in [0.1, 0.15) is 0 Å². The van der Waals surface area contributed by atoms with E-state index in [0.29, 0.717) is 22.1 Å². The molecule has 0 saturated heterocycles. The highest BCUT2D eigenvalue weighted by Crippen LogP contribution is 2.59. The van der Waals surface area contributed by atoms with Crippen molar-refractivity contribution in [1.29, 1.82) is 0 Å². The van der Waals surface area contributed by atoms with Crippen LogP contribution < -0.4 is 0 Å². The minimum absolute atomic E-state index is 0.341. The first kappa shape index (κ1) is 12.9. The molecule has 0 nitrogen and oxygen atoms in total. The highest BCUT2D eigenvalue weighted by molar-refractivity contribution is 9.09. The number of hydrogen-bond acceptors (Lipinski definition) is 0. The number of fused-ring (bicyclic) bond motifs is 3. The van der Waals surface area contributed by atoms with E-state index in [4.69, 9.17) is 0 Å². The molecule has 104 valence electrons. The second-order valence-corrected chi connectivity index (χ2v) is 8.30. The molecule has 0 heterocycles. The van der Waals surface area contributed by atoms with Gasteiger partial charge in [-0.3, -0.25) is 0 Å². The molecule has 0 spiro atoms. The lowest BCUT2D eigenvalue weighted by Crippen LogP contribution is -2.31. The summed E-state index contributed by atoms with van der Waals surface area (Å²) in [6.07, 6.45) is 18.9. The third-order valence-electron chi connectivity index (χ3n) is 5.78. The van der Waals surface area contributed by atoms with Crippen LogP contribution in [0.2, 0.25) is 0 Å². The summed E-state index contributed by atoms with van der Waals surface area (Å²) < 4.78 is 0. The van der Waals surface area contributed by atoms with Gasteiger partial charge in [0, 0.05) is 16.7 Å². The van der Waals surface area contributed by atoms with Crippen molar-refractivity contribution in [3.8, 4) is 0 Å². The van der Waals surface area contributed by atoms with Crippen LogP contribution in [-0.2, 0) is 0 Å². The minimum Gasteiger partial charge on any atom is -0.0842 e. The maximum atomic E-state index is 3.78. The summed E-state index contributed by atoms with van der Waals surface area (Å²) in [5.74, 6) is 2.05. The fourth-order valence-electron chi connectivity index (χ4n) is 4.65. The molecule has 0 aromatic carbocycles. The highest BCUT2D eigenvalue weighted by Gasteiger charge is 2.49. The monoisotopic (exact) mass is 328 g/mol. The van der Waals surface area contributed by atoms with Gasteiger partial charge < -0.3 is 0 Å². The Labute approximate surface area is 130 Å². The number of halogens is 1. The summed E-state index contributed by atoms with van der Waals surface area (Å²) in [4.78, 5) is 0.524. The van der Waals surface area contributed by atoms with Crippen molar-refractivity contribution in [1.82, 2.24) is 0 Å². The molecule has 4 aliphatic rings. The van der Waals surface area contributed by atoms with Crippen molar-refractivity contribution in [2.75, 3.05) is 0 Å². The van der Waals surface area contributed by atoms with Gasteiger partial charge in [-0.05, 0) is 35.3 Å². The lowest BCUT2D eigenvalue weighted by atomic mass is 9.65. The summed E-state index contributed by atoms with van der Waals surface area (Å²) in [6, 6.07) is 0. The molecule has 0 fully saturated rings. The maximum Gasteiger partial charge on any atom is 0.0366 e. The molecule has 0 radical (unpaired) electrons. The van der Waals surface area contributed by atoms with Gasteiger partial charge in [0.2, 0.25) is 0 Å². The van der Waals surface area contributed by atoms with Crippen LogP contribution in [-0.4, -0.2) is 4.83 Å². The molecule has 0 bridgehead atoms. The number of rotatable bonds is 0. The van der Waals surface area contributed by atoms with E-state index < -0.39 is 0 Å². The van der Waals surface area contributed by atoms with Crippen LogP contribution in [0.4, 0.5) is 0 Å². The van der Waals surface area contributed by atoms with Crippen molar-refractivity contribution in [3.63, 3.8) is 0 Å². The lowest BCUT2D eigenvalue weighted by molar-refractivity contribution is 0.214. The quantitative estimate of drug-likeness (QED) is 0.526. The predicted molar refractivity (Wildman–Crippen MR) is 88.7 cm³/mol. The van der Waals surface area contributed by atoms with Gasteiger partial charge in [-0.25, -0.2) is 0 Å². The molecule has 0 aliphatic heterocycles. The molecule has 4 rings (SSSR count). The van der Waals surface area contributed by atoms with E-state index >= 15 is 0 Å². The van der Waals surface area contributed by atoms with Crippen LogP contribution in [0.1, 0.15) is 26.7 Å². The van der Waals surface area contributed by atoms with E-state index in [-0.39, 0.29) is 0 Å². The van der Waals surface area contributed by atoms with Gasteiger partial charge in [0.25, 0.3) is 0 Å². The van der Waals surface area contributed by atoms with Crippen molar-refractivity contribution in [2.45, 2.75) is 31.5 Å².